The van der Waals surface area contributed by atoms with Gasteiger partial charge >= 0.3 is 0 Å². The zero-order chi connectivity index (χ0) is 13.8. The molecule has 0 bridgehead atoms. The van der Waals surface area contributed by atoms with Crippen LogP contribution in [0.25, 0.3) is 0 Å². The predicted molar refractivity (Wildman–Crippen MR) is 75.2 cm³/mol. The molecule has 19 heavy (non-hydrogen) atoms. The summed E-state index contributed by atoms with van der Waals surface area (Å²) in [5.41, 5.74) is 1.04. The zero-order valence-electron chi connectivity index (χ0n) is 11.5. The average Bonchev–Trinajstić information content (AvgIpc) is 2.46. The van der Waals surface area contributed by atoms with Crippen molar-refractivity contribution in [2.75, 3.05) is 20.1 Å². The lowest BCUT2D eigenvalue weighted by Crippen LogP contribution is -2.42. The average molecular weight is 263 g/mol. The van der Waals surface area contributed by atoms with Crippen molar-refractivity contribution >= 4 is 5.69 Å². The van der Waals surface area contributed by atoms with E-state index in [0.29, 0.717) is 6.04 Å². The van der Waals surface area contributed by atoms with E-state index in [9.17, 15) is 10.1 Å². The molecule has 0 aromatic heterocycles. The van der Waals surface area contributed by atoms with E-state index in [1.54, 1.807) is 12.1 Å². The Bertz CT molecular complexity index is 442. The number of rotatable bonds is 4. The Hall–Kier alpha value is -1.46. The van der Waals surface area contributed by atoms with E-state index in [1.807, 2.05) is 19.2 Å². The third kappa shape index (κ3) is 3.11. The molecule has 1 atom stereocenters. The van der Waals surface area contributed by atoms with Crippen molar-refractivity contribution in [2.45, 2.75) is 31.8 Å². The van der Waals surface area contributed by atoms with Crippen LogP contribution in [0.4, 0.5) is 5.69 Å². The molecule has 104 valence electrons. The van der Waals surface area contributed by atoms with E-state index in [1.165, 1.54) is 0 Å². The molecule has 1 heterocycles. The lowest BCUT2D eigenvalue weighted by molar-refractivity contribution is -0.386. The first-order chi connectivity index (χ1) is 9.13. The SMILES string of the molecule is CNC1CCN(C(C)c2ccccc2[N+](=O)[O-])CC1. The fourth-order valence-electron chi connectivity index (χ4n) is 2.78. The highest BCUT2D eigenvalue weighted by atomic mass is 16.6. The van der Waals surface area contributed by atoms with Gasteiger partial charge < -0.3 is 5.32 Å². The first kappa shape index (κ1) is 14.0. The van der Waals surface area contributed by atoms with Gasteiger partial charge in [0.05, 0.1) is 4.92 Å². The van der Waals surface area contributed by atoms with Gasteiger partial charge in [-0.15, -0.1) is 0 Å². The molecule has 1 N–H and O–H groups in total. The minimum Gasteiger partial charge on any atom is -0.317 e. The van der Waals surface area contributed by atoms with Crippen molar-refractivity contribution in [1.82, 2.24) is 10.2 Å². The van der Waals surface area contributed by atoms with Gasteiger partial charge in [0, 0.05) is 36.8 Å². The maximum absolute atomic E-state index is 11.1. The minimum atomic E-state index is -0.286. The number of piperidine rings is 1. The second-order valence-electron chi connectivity index (χ2n) is 5.09. The van der Waals surface area contributed by atoms with E-state index in [4.69, 9.17) is 0 Å². The maximum atomic E-state index is 11.1. The molecule has 1 aromatic carbocycles. The Balaban J connectivity index is 2.12. The van der Waals surface area contributed by atoms with E-state index in [2.05, 4.69) is 17.1 Å². The number of benzene rings is 1. The van der Waals surface area contributed by atoms with Crippen molar-refractivity contribution in [3.8, 4) is 0 Å². The number of likely N-dealkylation sites (tertiary alicyclic amines) is 1. The van der Waals surface area contributed by atoms with Gasteiger partial charge in [0.2, 0.25) is 0 Å². The number of para-hydroxylation sites is 1. The lowest BCUT2D eigenvalue weighted by atomic mass is 9.99. The molecule has 0 spiro atoms. The van der Waals surface area contributed by atoms with E-state index >= 15 is 0 Å². The summed E-state index contributed by atoms with van der Waals surface area (Å²) in [7, 11) is 1.99. The molecule has 1 unspecified atom stereocenters. The van der Waals surface area contributed by atoms with Crippen LogP contribution in [0.2, 0.25) is 0 Å². The highest BCUT2D eigenvalue weighted by Crippen LogP contribution is 2.30. The van der Waals surface area contributed by atoms with Crippen LogP contribution in [0.15, 0.2) is 24.3 Å². The highest BCUT2D eigenvalue weighted by molar-refractivity contribution is 5.41. The summed E-state index contributed by atoms with van der Waals surface area (Å²) in [6, 6.07) is 7.73. The summed E-state index contributed by atoms with van der Waals surface area (Å²) >= 11 is 0. The molecule has 0 radical (unpaired) electrons. The first-order valence-corrected chi connectivity index (χ1v) is 6.78. The molecule has 5 nitrogen and oxygen atoms in total. The van der Waals surface area contributed by atoms with Gasteiger partial charge in [-0.2, -0.15) is 0 Å². The Labute approximate surface area is 113 Å². The van der Waals surface area contributed by atoms with E-state index in [0.717, 1.165) is 31.5 Å². The van der Waals surface area contributed by atoms with Gasteiger partial charge in [-0.1, -0.05) is 18.2 Å². The summed E-state index contributed by atoms with van der Waals surface area (Å²) in [5, 5.41) is 14.4. The van der Waals surface area contributed by atoms with Crippen LogP contribution < -0.4 is 5.32 Å². The third-order valence-corrected chi connectivity index (χ3v) is 4.07. The van der Waals surface area contributed by atoms with Crippen LogP contribution in [0.1, 0.15) is 31.4 Å². The topological polar surface area (TPSA) is 58.4 Å². The van der Waals surface area contributed by atoms with E-state index in [-0.39, 0.29) is 16.7 Å². The minimum absolute atomic E-state index is 0.0967. The monoisotopic (exact) mass is 263 g/mol. The normalized spacial score (nSPS) is 19.3. The Kier molecular flexibility index (Phi) is 4.50. The molecule has 1 fully saturated rings. The van der Waals surface area contributed by atoms with Gasteiger partial charge in [-0.25, -0.2) is 0 Å². The Morgan fingerprint density at radius 1 is 1.37 bits per heavy atom. The van der Waals surface area contributed by atoms with Gasteiger partial charge in [0.1, 0.15) is 0 Å². The van der Waals surface area contributed by atoms with Crippen LogP contribution in [0.3, 0.4) is 0 Å². The van der Waals surface area contributed by atoms with Crippen LogP contribution in [0, 0.1) is 10.1 Å². The van der Waals surface area contributed by atoms with Gasteiger partial charge in [0.15, 0.2) is 0 Å². The molecule has 5 heteroatoms. The fourth-order valence-corrected chi connectivity index (χ4v) is 2.78. The zero-order valence-corrected chi connectivity index (χ0v) is 11.5. The number of nitrogens with one attached hydrogen (secondary N) is 1. The number of hydrogen-bond acceptors (Lipinski definition) is 4. The van der Waals surface area contributed by atoms with Crippen LogP contribution >= 0.6 is 0 Å². The van der Waals surface area contributed by atoms with E-state index < -0.39 is 0 Å². The Morgan fingerprint density at radius 3 is 2.58 bits per heavy atom. The lowest BCUT2D eigenvalue weighted by Gasteiger charge is -2.35. The summed E-state index contributed by atoms with van der Waals surface area (Å²) in [6.07, 6.45) is 2.20. The van der Waals surface area contributed by atoms with Crippen LogP contribution in [0.5, 0.6) is 0 Å². The summed E-state index contributed by atoms with van der Waals surface area (Å²) in [4.78, 5) is 13.1. The molecular formula is C14H21N3O2. The van der Waals surface area contributed by atoms with Crippen molar-refractivity contribution in [3.63, 3.8) is 0 Å². The molecule has 0 amide bonds. The van der Waals surface area contributed by atoms with Crippen molar-refractivity contribution in [2.24, 2.45) is 0 Å². The molecular weight excluding hydrogens is 242 g/mol. The molecule has 1 aliphatic rings. The standard InChI is InChI=1S/C14H21N3O2/c1-11(16-9-7-12(15-2)8-10-16)13-5-3-4-6-14(13)17(18)19/h3-6,11-12,15H,7-10H2,1-2H3. The number of nitrogens with zero attached hydrogens (tertiary/aromatic N) is 2. The molecule has 0 aliphatic carbocycles. The predicted octanol–water partition coefficient (Wildman–Crippen LogP) is 2.34. The highest BCUT2D eigenvalue weighted by Gasteiger charge is 2.26. The van der Waals surface area contributed by atoms with Crippen molar-refractivity contribution in [3.05, 3.63) is 39.9 Å². The second-order valence-corrected chi connectivity index (χ2v) is 5.09. The fraction of sp³-hybridized carbons (Fsp3) is 0.571. The quantitative estimate of drug-likeness (QED) is 0.669. The number of hydrogen-bond donors (Lipinski definition) is 1. The second kappa shape index (κ2) is 6.12. The van der Waals surface area contributed by atoms with Crippen LogP contribution in [-0.2, 0) is 0 Å². The van der Waals surface area contributed by atoms with Crippen molar-refractivity contribution in [1.29, 1.82) is 0 Å². The number of nitro groups is 1. The largest absolute Gasteiger partial charge is 0.317 e. The number of nitro benzene ring substituents is 1. The third-order valence-electron chi connectivity index (χ3n) is 4.07. The summed E-state index contributed by atoms with van der Waals surface area (Å²) in [5.74, 6) is 0. The smallest absolute Gasteiger partial charge is 0.274 e. The molecule has 0 saturated carbocycles. The van der Waals surface area contributed by atoms with Crippen molar-refractivity contribution < 1.29 is 4.92 Å². The Morgan fingerprint density at radius 2 is 2.00 bits per heavy atom. The molecule has 1 saturated heterocycles. The maximum Gasteiger partial charge on any atom is 0.274 e. The molecule has 1 aliphatic heterocycles. The molecule has 2 rings (SSSR count). The molecule has 1 aromatic rings. The summed E-state index contributed by atoms with van der Waals surface area (Å²) < 4.78 is 0. The van der Waals surface area contributed by atoms with Crippen LogP contribution in [-0.4, -0.2) is 36.0 Å². The van der Waals surface area contributed by atoms with Gasteiger partial charge in [-0.05, 0) is 26.8 Å². The summed E-state index contributed by atoms with van der Waals surface area (Å²) in [6.45, 7) is 4.03. The van der Waals surface area contributed by atoms with Gasteiger partial charge in [-0.3, -0.25) is 15.0 Å². The first-order valence-electron chi connectivity index (χ1n) is 6.78. The van der Waals surface area contributed by atoms with Gasteiger partial charge in [0.25, 0.3) is 5.69 Å².